The number of nitrogens with one attached hydrogen (secondary N) is 2. The van der Waals surface area contributed by atoms with Crippen molar-refractivity contribution in [2.24, 2.45) is 0 Å². The van der Waals surface area contributed by atoms with E-state index >= 15 is 0 Å². The van der Waals surface area contributed by atoms with Crippen LogP contribution >= 0.6 is 34.3 Å². The molecule has 0 aliphatic rings. The monoisotopic (exact) mass is 424 g/mol. The Kier molecular flexibility index (Phi) is 5.91. The van der Waals surface area contributed by atoms with Crippen LogP contribution in [0, 0.1) is 5.82 Å². The van der Waals surface area contributed by atoms with Crippen molar-refractivity contribution in [3.63, 3.8) is 0 Å². The molecule has 2 amide bonds. The Bertz CT molecular complexity index is 911. The molecule has 1 atom stereocenters. The van der Waals surface area contributed by atoms with Gasteiger partial charge >= 0.3 is 11.8 Å². The number of amides is 2. The molecule has 0 fully saturated rings. The number of hydrogen-bond donors (Lipinski definition) is 3. The maximum absolute atomic E-state index is 13.2. The zero-order valence-corrected chi connectivity index (χ0v) is 16.1. The number of halogens is 2. The minimum absolute atomic E-state index is 0.169. The molecule has 0 unspecified atom stereocenters. The highest BCUT2D eigenvalue weighted by atomic mass is 35.5. The fraction of sp³-hybridized carbons (Fsp3) is 0.111. The van der Waals surface area contributed by atoms with E-state index in [4.69, 9.17) is 11.6 Å². The molecule has 0 radical (unpaired) electrons. The number of carbonyl (C=O) groups excluding carboxylic acids is 2. The highest BCUT2D eigenvalue weighted by molar-refractivity contribution is 7.10. The van der Waals surface area contributed by atoms with Gasteiger partial charge in [-0.2, -0.15) is 11.3 Å². The van der Waals surface area contributed by atoms with Crippen LogP contribution < -0.4 is 10.6 Å². The summed E-state index contributed by atoms with van der Waals surface area (Å²) in [6.07, 6.45) is 0. The second-order valence-corrected chi connectivity index (χ2v) is 7.75. The summed E-state index contributed by atoms with van der Waals surface area (Å²) < 4.78 is 13.2. The van der Waals surface area contributed by atoms with E-state index in [-0.39, 0.29) is 17.3 Å². The first-order chi connectivity index (χ1) is 12.9. The molecule has 3 N–H and O–H groups in total. The van der Waals surface area contributed by atoms with Crippen molar-refractivity contribution in [2.75, 3.05) is 11.9 Å². The molecule has 3 aromatic rings. The maximum Gasteiger partial charge on any atom is 0.313 e. The van der Waals surface area contributed by atoms with E-state index in [0.29, 0.717) is 10.4 Å². The number of carbonyl (C=O) groups is 2. The predicted molar refractivity (Wildman–Crippen MR) is 105 cm³/mol. The number of benzene rings is 1. The summed E-state index contributed by atoms with van der Waals surface area (Å²) in [7, 11) is 0. The quantitative estimate of drug-likeness (QED) is 0.548. The fourth-order valence-corrected chi connectivity index (χ4v) is 4.15. The molecular formula is C18H14ClFN2O3S2. The molecule has 140 valence electrons. The Hall–Kier alpha value is -2.26. The average molecular weight is 425 g/mol. The average Bonchev–Trinajstić information content (AvgIpc) is 3.36. The minimum Gasteiger partial charge on any atom is -0.378 e. The van der Waals surface area contributed by atoms with E-state index in [9.17, 15) is 19.1 Å². The predicted octanol–water partition coefficient (Wildman–Crippen LogP) is 3.59. The van der Waals surface area contributed by atoms with Gasteiger partial charge in [0.25, 0.3) is 0 Å². The van der Waals surface area contributed by atoms with Gasteiger partial charge in [-0.3, -0.25) is 9.59 Å². The van der Waals surface area contributed by atoms with Crippen LogP contribution in [0.4, 0.5) is 10.1 Å². The van der Waals surface area contributed by atoms with Crippen LogP contribution in [0.25, 0.3) is 0 Å². The summed E-state index contributed by atoms with van der Waals surface area (Å²) in [4.78, 5) is 24.9. The molecule has 0 spiro atoms. The smallest absolute Gasteiger partial charge is 0.313 e. The van der Waals surface area contributed by atoms with Gasteiger partial charge in [0.1, 0.15) is 11.4 Å². The maximum atomic E-state index is 13.2. The minimum atomic E-state index is -1.44. The summed E-state index contributed by atoms with van der Waals surface area (Å²) in [6.45, 7) is -0.180. The molecule has 9 heteroatoms. The lowest BCUT2D eigenvalue weighted by Gasteiger charge is -2.26. The molecule has 0 saturated carbocycles. The molecule has 1 aromatic carbocycles. The van der Waals surface area contributed by atoms with Gasteiger partial charge in [-0.05, 0) is 46.5 Å². The van der Waals surface area contributed by atoms with Gasteiger partial charge in [-0.1, -0.05) is 17.7 Å². The summed E-state index contributed by atoms with van der Waals surface area (Å²) in [5.74, 6) is -2.51. The van der Waals surface area contributed by atoms with Crippen molar-refractivity contribution >= 4 is 51.8 Å². The molecule has 3 rings (SSSR count). The van der Waals surface area contributed by atoms with Gasteiger partial charge in [0.2, 0.25) is 0 Å². The second-order valence-electron chi connectivity index (χ2n) is 5.62. The SMILES string of the molecule is O=C(NC[C@](O)(c1ccsc1)c1cccs1)C(=O)Nc1ccc(F)c(Cl)c1. The lowest BCUT2D eigenvalue weighted by molar-refractivity contribution is -0.136. The van der Waals surface area contributed by atoms with Crippen molar-refractivity contribution in [1.82, 2.24) is 5.32 Å². The highest BCUT2D eigenvalue weighted by Crippen LogP contribution is 2.33. The van der Waals surface area contributed by atoms with Gasteiger partial charge in [0.05, 0.1) is 11.6 Å². The first kappa shape index (κ1) is 19.5. The lowest BCUT2D eigenvalue weighted by atomic mass is 9.94. The van der Waals surface area contributed by atoms with Gasteiger partial charge in [-0.25, -0.2) is 4.39 Å². The lowest BCUT2D eigenvalue weighted by Crippen LogP contribution is -2.44. The third kappa shape index (κ3) is 4.36. The molecule has 2 heterocycles. The standard InChI is InChI=1S/C18H14ClFN2O3S2/c19-13-8-12(3-4-14(13)20)22-17(24)16(23)21-10-18(25,11-5-7-26-9-11)15-2-1-6-27-15/h1-9,25H,10H2,(H,21,23)(H,22,24)/t18-/m0/s1. The van der Waals surface area contributed by atoms with Crippen molar-refractivity contribution in [2.45, 2.75) is 5.60 Å². The van der Waals surface area contributed by atoms with E-state index in [1.165, 1.54) is 34.8 Å². The third-order valence-electron chi connectivity index (χ3n) is 3.82. The van der Waals surface area contributed by atoms with Crippen LogP contribution in [0.5, 0.6) is 0 Å². The molecule has 5 nitrogen and oxygen atoms in total. The largest absolute Gasteiger partial charge is 0.378 e. The van der Waals surface area contributed by atoms with Crippen molar-refractivity contribution < 1.29 is 19.1 Å². The van der Waals surface area contributed by atoms with E-state index in [1.807, 2.05) is 10.8 Å². The van der Waals surface area contributed by atoms with Crippen LogP contribution in [0.3, 0.4) is 0 Å². The number of rotatable bonds is 5. The zero-order chi connectivity index (χ0) is 19.4. The number of anilines is 1. The first-order valence-corrected chi connectivity index (χ1v) is 9.93. The van der Waals surface area contributed by atoms with Gasteiger partial charge in [0, 0.05) is 16.1 Å². The molecule has 27 heavy (non-hydrogen) atoms. The summed E-state index contributed by atoms with van der Waals surface area (Å²) in [6, 6.07) is 8.90. The highest BCUT2D eigenvalue weighted by Gasteiger charge is 2.34. The summed E-state index contributed by atoms with van der Waals surface area (Å²) >= 11 is 8.42. The van der Waals surface area contributed by atoms with Gasteiger partial charge in [0.15, 0.2) is 0 Å². The third-order valence-corrected chi connectivity index (χ3v) is 5.81. The Morgan fingerprint density at radius 2 is 2.00 bits per heavy atom. The fourth-order valence-electron chi connectivity index (χ4n) is 2.40. The van der Waals surface area contributed by atoms with E-state index in [2.05, 4.69) is 10.6 Å². The van der Waals surface area contributed by atoms with Crippen molar-refractivity contribution in [1.29, 1.82) is 0 Å². The number of aliphatic hydroxyl groups is 1. The topological polar surface area (TPSA) is 78.4 Å². The number of hydrogen-bond acceptors (Lipinski definition) is 5. The summed E-state index contributed by atoms with van der Waals surface area (Å²) in [5.41, 5.74) is -0.627. The van der Waals surface area contributed by atoms with Crippen molar-refractivity contribution in [3.8, 4) is 0 Å². The molecule has 0 aliphatic heterocycles. The Balaban J connectivity index is 1.69. The van der Waals surface area contributed by atoms with Gasteiger partial charge in [-0.15, -0.1) is 11.3 Å². The molecule has 2 aromatic heterocycles. The van der Waals surface area contributed by atoms with Crippen LogP contribution in [0.2, 0.25) is 5.02 Å². The van der Waals surface area contributed by atoms with Crippen LogP contribution in [-0.4, -0.2) is 23.5 Å². The van der Waals surface area contributed by atoms with E-state index in [0.717, 1.165) is 6.07 Å². The normalized spacial score (nSPS) is 13.0. The van der Waals surface area contributed by atoms with Crippen LogP contribution in [-0.2, 0) is 15.2 Å². The van der Waals surface area contributed by atoms with Crippen LogP contribution in [0.1, 0.15) is 10.4 Å². The Morgan fingerprint density at radius 1 is 1.19 bits per heavy atom. The van der Waals surface area contributed by atoms with Gasteiger partial charge < -0.3 is 15.7 Å². The van der Waals surface area contributed by atoms with Crippen LogP contribution in [0.15, 0.2) is 52.5 Å². The molecule has 0 bridgehead atoms. The Morgan fingerprint density at radius 3 is 2.63 bits per heavy atom. The van der Waals surface area contributed by atoms with Crippen molar-refractivity contribution in [3.05, 3.63) is 73.8 Å². The molecule has 0 saturated heterocycles. The molecule has 0 aliphatic carbocycles. The number of thiophene rings is 2. The second kappa shape index (κ2) is 8.18. The first-order valence-electron chi connectivity index (χ1n) is 7.73. The van der Waals surface area contributed by atoms with E-state index < -0.39 is 23.2 Å². The van der Waals surface area contributed by atoms with E-state index in [1.54, 1.807) is 23.6 Å². The molecular weight excluding hydrogens is 411 g/mol. The summed E-state index contributed by atoms with van der Waals surface area (Å²) in [5, 5.41) is 21.2. The zero-order valence-electron chi connectivity index (χ0n) is 13.7. The Labute approximate surface area is 167 Å².